The first kappa shape index (κ1) is 22.7. The second kappa shape index (κ2) is 8.15. The fourth-order valence-corrected chi connectivity index (χ4v) is 5.48. The van der Waals surface area contributed by atoms with Gasteiger partial charge in [-0.25, -0.2) is 13.1 Å². The van der Waals surface area contributed by atoms with Gasteiger partial charge in [-0.05, 0) is 73.2 Å². The molecule has 2 heterocycles. The molecule has 8 heteroatoms. The minimum Gasteiger partial charge on any atom is -0.384 e. The van der Waals surface area contributed by atoms with Crippen molar-refractivity contribution in [3.05, 3.63) is 76.3 Å². The van der Waals surface area contributed by atoms with E-state index < -0.39 is 15.4 Å². The summed E-state index contributed by atoms with van der Waals surface area (Å²) < 4.78 is 25.8. The summed E-state index contributed by atoms with van der Waals surface area (Å²) in [6.45, 7) is 5.39. The molecule has 166 valence electrons. The Kier molecular flexibility index (Phi) is 5.79. The smallest absolute Gasteiger partial charge is 0.175 e. The Morgan fingerprint density at radius 1 is 1.09 bits per heavy atom. The molecule has 4 aromatic rings. The highest BCUT2D eigenvalue weighted by Gasteiger charge is 2.25. The van der Waals surface area contributed by atoms with Gasteiger partial charge in [0.1, 0.15) is 5.60 Å². The standard InChI is InChI=1S/C24H23ClN2O3S2/c1-15-18(16-8-7-9-17(12-16)32(4,29)30)14-31-23(15)21-13-22(24(2,3)28)26-27(21)20-11-6-5-10-19(20)25/h5-14,28H,1-4H3. The van der Waals surface area contributed by atoms with Crippen molar-refractivity contribution < 1.29 is 13.5 Å². The Morgan fingerprint density at radius 2 is 1.81 bits per heavy atom. The molecular weight excluding hydrogens is 464 g/mol. The monoisotopic (exact) mass is 486 g/mol. The van der Waals surface area contributed by atoms with Crippen LogP contribution in [0.1, 0.15) is 25.1 Å². The van der Waals surface area contributed by atoms with E-state index in [1.165, 1.54) is 6.26 Å². The molecule has 4 rings (SSSR count). The molecule has 0 fully saturated rings. The second-order valence-corrected chi connectivity index (χ2v) is 11.5. The number of benzene rings is 2. The number of sulfone groups is 1. The number of hydrogen-bond acceptors (Lipinski definition) is 5. The van der Waals surface area contributed by atoms with E-state index in [9.17, 15) is 13.5 Å². The fourth-order valence-electron chi connectivity index (χ4n) is 3.50. The third kappa shape index (κ3) is 4.26. The molecule has 0 atom stereocenters. The summed E-state index contributed by atoms with van der Waals surface area (Å²) >= 11 is 8.01. The molecule has 32 heavy (non-hydrogen) atoms. The SMILES string of the molecule is Cc1c(-c2cccc(S(C)(=O)=O)c2)csc1-c1cc(C(C)(C)O)nn1-c1ccccc1Cl. The molecule has 2 aromatic heterocycles. The number of halogens is 1. The topological polar surface area (TPSA) is 72.2 Å². The van der Waals surface area contributed by atoms with E-state index in [4.69, 9.17) is 11.6 Å². The van der Waals surface area contributed by atoms with E-state index in [0.717, 1.165) is 27.3 Å². The highest BCUT2D eigenvalue weighted by molar-refractivity contribution is 7.90. The molecule has 0 aliphatic rings. The van der Waals surface area contributed by atoms with Gasteiger partial charge < -0.3 is 5.11 Å². The maximum atomic E-state index is 12.0. The lowest BCUT2D eigenvalue weighted by Crippen LogP contribution is -2.16. The van der Waals surface area contributed by atoms with Crippen molar-refractivity contribution in [2.75, 3.05) is 6.26 Å². The summed E-state index contributed by atoms with van der Waals surface area (Å²) in [7, 11) is -3.31. The van der Waals surface area contributed by atoms with E-state index in [0.29, 0.717) is 16.4 Å². The fraction of sp³-hybridized carbons (Fsp3) is 0.208. The zero-order chi connectivity index (χ0) is 23.3. The lowest BCUT2D eigenvalue weighted by atomic mass is 10.0. The van der Waals surface area contributed by atoms with Crippen molar-refractivity contribution in [2.45, 2.75) is 31.3 Å². The number of thiophene rings is 1. The quantitative estimate of drug-likeness (QED) is 0.383. The van der Waals surface area contributed by atoms with Crippen LogP contribution in [0.4, 0.5) is 0 Å². The van der Waals surface area contributed by atoms with E-state index in [-0.39, 0.29) is 4.90 Å². The first-order chi connectivity index (χ1) is 15.0. The molecule has 1 N–H and O–H groups in total. The van der Waals surface area contributed by atoms with Gasteiger partial charge in [0.2, 0.25) is 0 Å². The van der Waals surface area contributed by atoms with Crippen molar-refractivity contribution in [3.63, 3.8) is 0 Å². The molecule has 0 saturated carbocycles. The van der Waals surface area contributed by atoms with Crippen LogP contribution in [-0.2, 0) is 15.4 Å². The van der Waals surface area contributed by atoms with E-state index in [1.54, 1.807) is 54.1 Å². The highest BCUT2D eigenvalue weighted by atomic mass is 35.5. The van der Waals surface area contributed by atoms with Gasteiger partial charge in [-0.1, -0.05) is 35.9 Å². The first-order valence-corrected chi connectivity index (χ1v) is 13.1. The molecule has 0 unspecified atom stereocenters. The summed E-state index contributed by atoms with van der Waals surface area (Å²) in [6.07, 6.45) is 1.21. The van der Waals surface area contributed by atoms with Gasteiger partial charge >= 0.3 is 0 Å². The molecule has 0 spiro atoms. The van der Waals surface area contributed by atoms with Gasteiger partial charge in [-0.15, -0.1) is 11.3 Å². The Bertz CT molecular complexity index is 1410. The van der Waals surface area contributed by atoms with Crippen LogP contribution in [0, 0.1) is 6.92 Å². The molecule has 2 aromatic carbocycles. The zero-order valence-electron chi connectivity index (χ0n) is 18.1. The van der Waals surface area contributed by atoms with Gasteiger partial charge in [0.05, 0.1) is 31.9 Å². The number of rotatable bonds is 5. The van der Waals surface area contributed by atoms with Crippen molar-refractivity contribution in [2.24, 2.45) is 0 Å². The minimum absolute atomic E-state index is 0.285. The van der Waals surface area contributed by atoms with Crippen LogP contribution >= 0.6 is 22.9 Å². The second-order valence-electron chi connectivity index (χ2n) is 8.24. The predicted molar refractivity (Wildman–Crippen MR) is 130 cm³/mol. The van der Waals surface area contributed by atoms with Gasteiger partial charge in [0.15, 0.2) is 9.84 Å². The summed E-state index contributed by atoms with van der Waals surface area (Å²) in [4.78, 5) is 1.25. The highest BCUT2D eigenvalue weighted by Crippen LogP contribution is 2.40. The molecule has 0 saturated heterocycles. The number of aliphatic hydroxyl groups is 1. The summed E-state index contributed by atoms with van der Waals surface area (Å²) in [6, 6.07) is 16.3. The third-order valence-electron chi connectivity index (χ3n) is 5.26. The van der Waals surface area contributed by atoms with Crippen molar-refractivity contribution in [3.8, 4) is 27.4 Å². The molecular formula is C24H23ClN2O3S2. The van der Waals surface area contributed by atoms with Gasteiger partial charge in [0, 0.05) is 6.26 Å². The van der Waals surface area contributed by atoms with Crippen LogP contribution in [0.5, 0.6) is 0 Å². The third-order valence-corrected chi connectivity index (χ3v) is 7.80. The van der Waals surface area contributed by atoms with Crippen LogP contribution in [0.2, 0.25) is 5.02 Å². The van der Waals surface area contributed by atoms with Crippen LogP contribution in [-0.4, -0.2) is 29.6 Å². The van der Waals surface area contributed by atoms with E-state index in [1.807, 2.05) is 42.6 Å². The largest absolute Gasteiger partial charge is 0.384 e. The average molecular weight is 487 g/mol. The van der Waals surface area contributed by atoms with Crippen LogP contribution in [0.25, 0.3) is 27.4 Å². The number of para-hydroxylation sites is 1. The maximum absolute atomic E-state index is 12.0. The molecule has 0 aliphatic heterocycles. The Morgan fingerprint density at radius 3 is 2.47 bits per heavy atom. The van der Waals surface area contributed by atoms with Gasteiger partial charge in [0.25, 0.3) is 0 Å². The zero-order valence-corrected chi connectivity index (χ0v) is 20.5. The normalized spacial score (nSPS) is 12.3. The molecule has 5 nitrogen and oxygen atoms in total. The van der Waals surface area contributed by atoms with Crippen molar-refractivity contribution in [1.29, 1.82) is 0 Å². The lowest BCUT2D eigenvalue weighted by Gasteiger charge is -2.13. The molecule has 0 amide bonds. The minimum atomic E-state index is -3.31. The van der Waals surface area contributed by atoms with E-state index in [2.05, 4.69) is 5.10 Å². The Labute approximate surface area is 196 Å². The maximum Gasteiger partial charge on any atom is 0.175 e. The molecule has 0 bridgehead atoms. The van der Waals surface area contributed by atoms with Crippen molar-refractivity contribution >= 4 is 32.8 Å². The predicted octanol–water partition coefficient (Wildman–Crippen LogP) is 5.86. The average Bonchev–Trinajstić information content (AvgIpc) is 3.31. The first-order valence-electron chi connectivity index (χ1n) is 9.93. The van der Waals surface area contributed by atoms with E-state index >= 15 is 0 Å². The van der Waals surface area contributed by atoms with Crippen molar-refractivity contribution in [1.82, 2.24) is 9.78 Å². The Hall–Kier alpha value is -2.45. The lowest BCUT2D eigenvalue weighted by molar-refractivity contribution is 0.0734. The van der Waals surface area contributed by atoms with Crippen LogP contribution in [0.3, 0.4) is 0 Å². The number of hydrogen-bond donors (Lipinski definition) is 1. The summed E-state index contributed by atoms with van der Waals surface area (Å²) in [5, 5.41) is 17.8. The molecule has 0 radical (unpaired) electrons. The van der Waals surface area contributed by atoms with Gasteiger partial charge in [-0.3, -0.25) is 0 Å². The van der Waals surface area contributed by atoms with Crippen LogP contribution in [0.15, 0.2) is 64.9 Å². The summed E-state index contributed by atoms with van der Waals surface area (Å²) in [5.41, 5.74) is 3.71. The van der Waals surface area contributed by atoms with Gasteiger partial charge in [-0.2, -0.15) is 5.10 Å². The number of nitrogens with zero attached hydrogens (tertiary/aromatic N) is 2. The Balaban J connectivity index is 1.90. The molecule has 0 aliphatic carbocycles. The van der Waals surface area contributed by atoms with Crippen LogP contribution < -0.4 is 0 Å². The number of aromatic nitrogens is 2. The summed E-state index contributed by atoms with van der Waals surface area (Å²) in [5.74, 6) is 0.